The molecule has 1 aromatic heterocycles. The first-order valence-electron chi connectivity index (χ1n) is 6.50. The lowest BCUT2D eigenvalue weighted by Gasteiger charge is -2.15. The van der Waals surface area contributed by atoms with Gasteiger partial charge in [-0.1, -0.05) is 0 Å². The second-order valence-electron chi connectivity index (χ2n) is 4.75. The van der Waals surface area contributed by atoms with E-state index in [9.17, 15) is 9.59 Å². The van der Waals surface area contributed by atoms with Gasteiger partial charge in [0.25, 0.3) is 0 Å². The van der Waals surface area contributed by atoms with Crippen molar-refractivity contribution < 1.29 is 14.3 Å². The van der Waals surface area contributed by atoms with Crippen molar-refractivity contribution in [3.63, 3.8) is 0 Å². The molecule has 0 aliphatic heterocycles. The monoisotopic (exact) mass is 299 g/mol. The van der Waals surface area contributed by atoms with Crippen LogP contribution in [0.15, 0.2) is 5.38 Å². The van der Waals surface area contributed by atoms with Gasteiger partial charge in [-0.3, -0.25) is 9.59 Å². The van der Waals surface area contributed by atoms with Gasteiger partial charge in [-0.25, -0.2) is 4.98 Å². The second kappa shape index (κ2) is 7.84. The van der Waals surface area contributed by atoms with Crippen LogP contribution in [0.3, 0.4) is 0 Å². The third-order valence-electron chi connectivity index (χ3n) is 2.53. The van der Waals surface area contributed by atoms with Crippen LogP contribution in [0, 0.1) is 0 Å². The molecule has 0 radical (unpaired) electrons. The molecule has 1 rings (SSSR count). The van der Waals surface area contributed by atoms with Gasteiger partial charge >= 0.3 is 5.97 Å². The molecule has 0 fully saturated rings. The first-order chi connectivity index (χ1) is 9.42. The summed E-state index contributed by atoms with van der Waals surface area (Å²) in [5.74, 6) is -0.316. The number of amides is 1. The molecule has 112 valence electrons. The summed E-state index contributed by atoms with van der Waals surface area (Å²) >= 11 is 1.42. The van der Waals surface area contributed by atoms with Gasteiger partial charge in [-0.05, 0) is 20.8 Å². The summed E-state index contributed by atoms with van der Waals surface area (Å²) in [6.07, 6.45) is 0.848. The highest BCUT2D eigenvalue weighted by Crippen LogP contribution is 2.17. The molecule has 1 atom stereocenters. The van der Waals surface area contributed by atoms with Crippen molar-refractivity contribution in [3.8, 4) is 0 Å². The van der Waals surface area contributed by atoms with E-state index in [1.807, 2.05) is 19.2 Å². The van der Waals surface area contributed by atoms with E-state index >= 15 is 0 Å². The van der Waals surface area contributed by atoms with Gasteiger partial charge in [0.15, 0.2) is 5.13 Å². The Hall–Kier alpha value is -1.63. The molecule has 20 heavy (non-hydrogen) atoms. The van der Waals surface area contributed by atoms with E-state index in [0.29, 0.717) is 18.0 Å². The number of thiazole rings is 1. The summed E-state index contributed by atoms with van der Waals surface area (Å²) in [6, 6.07) is -0.240. The van der Waals surface area contributed by atoms with Crippen molar-refractivity contribution >= 4 is 28.3 Å². The number of anilines is 1. The first kappa shape index (κ1) is 16.4. The van der Waals surface area contributed by atoms with Crippen LogP contribution >= 0.6 is 11.3 Å². The average molecular weight is 299 g/mol. The van der Waals surface area contributed by atoms with Gasteiger partial charge in [0.2, 0.25) is 5.91 Å². The Kier molecular flexibility index (Phi) is 6.44. The highest BCUT2D eigenvalue weighted by molar-refractivity contribution is 7.13. The van der Waals surface area contributed by atoms with E-state index in [1.54, 1.807) is 6.92 Å². The van der Waals surface area contributed by atoms with E-state index in [-0.39, 0.29) is 24.0 Å². The third-order valence-corrected chi connectivity index (χ3v) is 3.35. The Balaban J connectivity index is 2.47. The highest BCUT2D eigenvalue weighted by atomic mass is 32.1. The number of methoxy groups -OCH3 is 1. The molecule has 1 heterocycles. The van der Waals surface area contributed by atoms with Crippen LogP contribution in [-0.4, -0.2) is 36.1 Å². The lowest BCUT2D eigenvalue weighted by atomic mass is 10.2. The number of hydrogen-bond donors (Lipinski definition) is 2. The molecule has 2 N–H and O–H groups in total. The van der Waals surface area contributed by atoms with E-state index in [1.165, 1.54) is 18.4 Å². The van der Waals surface area contributed by atoms with Crippen molar-refractivity contribution in [1.82, 2.24) is 10.3 Å². The largest absolute Gasteiger partial charge is 0.469 e. The predicted molar refractivity (Wildman–Crippen MR) is 78.8 cm³/mol. The maximum atomic E-state index is 11.8. The Morgan fingerprint density at radius 3 is 2.70 bits per heavy atom. The Labute approximate surface area is 122 Å². The maximum Gasteiger partial charge on any atom is 0.305 e. The minimum atomic E-state index is -0.350. The molecular formula is C13H21N3O3S. The van der Waals surface area contributed by atoms with E-state index in [4.69, 9.17) is 0 Å². The molecule has 0 saturated heterocycles. The van der Waals surface area contributed by atoms with Gasteiger partial charge in [-0.2, -0.15) is 0 Å². The number of carbonyl (C=O) groups is 2. The fourth-order valence-corrected chi connectivity index (χ4v) is 2.31. The average Bonchev–Trinajstić information content (AvgIpc) is 2.82. The zero-order chi connectivity index (χ0) is 15.1. The predicted octanol–water partition coefficient (Wildman–Crippen LogP) is 1.57. The van der Waals surface area contributed by atoms with Crippen LogP contribution in [0.1, 0.15) is 32.9 Å². The van der Waals surface area contributed by atoms with Gasteiger partial charge in [0.1, 0.15) is 6.04 Å². The third kappa shape index (κ3) is 5.56. The van der Waals surface area contributed by atoms with Crippen LogP contribution in [0.4, 0.5) is 5.13 Å². The Morgan fingerprint density at radius 1 is 1.40 bits per heavy atom. The van der Waals surface area contributed by atoms with Crippen LogP contribution in [-0.2, 0) is 20.7 Å². The normalized spacial score (nSPS) is 12.1. The van der Waals surface area contributed by atoms with E-state index in [0.717, 1.165) is 5.69 Å². The number of esters is 1. The van der Waals surface area contributed by atoms with Gasteiger partial charge in [-0.15, -0.1) is 11.3 Å². The molecule has 1 amide bonds. The quantitative estimate of drug-likeness (QED) is 0.747. The minimum absolute atomic E-state index is 0.0636. The van der Waals surface area contributed by atoms with Crippen LogP contribution in [0.5, 0.6) is 0 Å². The Bertz CT molecular complexity index is 459. The molecule has 0 aliphatic rings. The molecular weight excluding hydrogens is 278 g/mol. The smallest absolute Gasteiger partial charge is 0.305 e. The highest BCUT2D eigenvalue weighted by Gasteiger charge is 2.15. The summed E-state index contributed by atoms with van der Waals surface area (Å²) in [7, 11) is 1.37. The SMILES string of the molecule is COC(=O)CCc1csc(NC(C)C(=O)NC(C)C)n1. The van der Waals surface area contributed by atoms with Crippen molar-refractivity contribution in [3.05, 3.63) is 11.1 Å². The minimum Gasteiger partial charge on any atom is -0.469 e. The molecule has 0 aromatic carbocycles. The molecule has 0 spiro atoms. The van der Waals surface area contributed by atoms with Gasteiger partial charge in [0, 0.05) is 17.8 Å². The van der Waals surface area contributed by atoms with Gasteiger partial charge < -0.3 is 15.4 Å². The molecule has 0 aliphatic carbocycles. The number of aromatic nitrogens is 1. The molecule has 0 saturated carbocycles. The maximum absolute atomic E-state index is 11.8. The zero-order valence-electron chi connectivity index (χ0n) is 12.2. The van der Waals surface area contributed by atoms with Crippen molar-refractivity contribution in [2.24, 2.45) is 0 Å². The second-order valence-corrected chi connectivity index (χ2v) is 5.61. The van der Waals surface area contributed by atoms with Gasteiger partial charge in [0.05, 0.1) is 19.2 Å². The lowest BCUT2D eigenvalue weighted by Crippen LogP contribution is -2.40. The summed E-state index contributed by atoms with van der Waals surface area (Å²) in [6.45, 7) is 5.62. The number of nitrogens with one attached hydrogen (secondary N) is 2. The van der Waals surface area contributed by atoms with E-state index in [2.05, 4.69) is 20.4 Å². The fraction of sp³-hybridized carbons (Fsp3) is 0.615. The van der Waals surface area contributed by atoms with Crippen LogP contribution in [0.25, 0.3) is 0 Å². The molecule has 0 bridgehead atoms. The van der Waals surface area contributed by atoms with Crippen molar-refractivity contribution in [1.29, 1.82) is 0 Å². The van der Waals surface area contributed by atoms with Crippen molar-refractivity contribution in [2.75, 3.05) is 12.4 Å². The number of rotatable bonds is 7. The summed E-state index contributed by atoms with van der Waals surface area (Å²) in [5.41, 5.74) is 0.819. The summed E-state index contributed by atoms with van der Waals surface area (Å²) < 4.78 is 4.58. The number of nitrogens with zero attached hydrogens (tertiary/aromatic N) is 1. The topological polar surface area (TPSA) is 80.3 Å². The Morgan fingerprint density at radius 2 is 2.10 bits per heavy atom. The number of hydrogen-bond acceptors (Lipinski definition) is 6. The first-order valence-corrected chi connectivity index (χ1v) is 7.38. The van der Waals surface area contributed by atoms with Crippen LogP contribution in [0.2, 0.25) is 0 Å². The number of carbonyl (C=O) groups excluding carboxylic acids is 2. The fourth-order valence-electron chi connectivity index (χ4n) is 1.48. The summed E-state index contributed by atoms with van der Waals surface area (Å²) in [4.78, 5) is 27.1. The molecule has 1 aromatic rings. The zero-order valence-corrected chi connectivity index (χ0v) is 13.0. The number of ether oxygens (including phenoxy) is 1. The molecule has 7 heteroatoms. The number of aryl methyl sites for hydroxylation is 1. The molecule has 1 unspecified atom stereocenters. The van der Waals surface area contributed by atoms with Crippen LogP contribution < -0.4 is 10.6 Å². The molecule has 6 nitrogen and oxygen atoms in total. The standard InChI is InChI=1S/C13H21N3O3S/c1-8(2)14-12(18)9(3)15-13-16-10(7-20-13)5-6-11(17)19-4/h7-9H,5-6H2,1-4H3,(H,14,18)(H,15,16). The van der Waals surface area contributed by atoms with E-state index < -0.39 is 0 Å². The lowest BCUT2D eigenvalue weighted by molar-refractivity contribution is -0.140. The summed E-state index contributed by atoms with van der Waals surface area (Å²) in [5, 5.41) is 8.43. The van der Waals surface area contributed by atoms with Crippen molar-refractivity contribution in [2.45, 2.75) is 45.7 Å².